The topological polar surface area (TPSA) is 52.7 Å². The summed E-state index contributed by atoms with van der Waals surface area (Å²) >= 11 is 6.12. The fourth-order valence-electron chi connectivity index (χ4n) is 3.60. The molecule has 0 bridgehead atoms. The van der Waals surface area contributed by atoms with Crippen LogP contribution in [0.1, 0.15) is 18.1 Å². The third kappa shape index (κ3) is 6.36. The van der Waals surface area contributed by atoms with Crippen molar-refractivity contribution in [2.24, 2.45) is 0 Å². The minimum Gasteiger partial charge on any atom is -0.345 e. The lowest BCUT2D eigenvalue weighted by atomic mass is 10.0. The zero-order chi connectivity index (χ0) is 21.5. The van der Waals surface area contributed by atoms with Crippen LogP contribution >= 0.6 is 11.6 Å². The van der Waals surface area contributed by atoms with Gasteiger partial charge in [-0.05, 0) is 31.0 Å². The maximum absolute atomic E-state index is 14.0. The Hall–Kier alpha value is -2.28. The van der Waals surface area contributed by atoms with Crippen molar-refractivity contribution in [2.75, 3.05) is 32.7 Å². The van der Waals surface area contributed by atoms with Gasteiger partial charge >= 0.3 is 0 Å². The number of hydrogen-bond acceptors (Lipinski definition) is 4. The Morgan fingerprint density at radius 3 is 2.33 bits per heavy atom. The molecule has 7 heteroatoms. The second-order valence-electron chi connectivity index (χ2n) is 7.67. The lowest BCUT2D eigenvalue weighted by Crippen LogP contribution is -2.51. The van der Waals surface area contributed by atoms with Crippen LogP contribution in [0.25, 0.3) is 0 Å². The van der Waals surface area contributed by atoms with E-state index in [9.17, 15) is 14.0 Å². The zero-order valence-electron chi connectivity index (χ0n) is 17.1. The van der Waals surface area contributed by atoms with E-state index in [1.807, 2.05) is 30.3 Å². The monoisotopic (exact) mass is 431 g/mol. The average Bonchev–Trinajstić information content (AvgIpc) is 2.72. The van der Waals surface area contributed by atoms with Crippen molar-refractivity contribution < 1.29 is 14.0 Å². The van der Waals surface area contributed by atoms with Gasteiger partial charge in [0.25, 0.3) is 0 Å². The summed E-state index contributed by atoms with van der Waals surface area (Å²) in [6.07, 6.45) is 0.485. The Labute approximate surface area is 181 Å². The standard InChI is InChI=1S/C23H27ClFN3O2/c1-17(29)22(14-18-6-3-2-4-7-18)26-23(30)16-28-12-10-27(11-13-28)15-19-20(24)8-5-9-21(19)25/h2-9,22H,10-16H2,1H3,(H,26,30)/t22-/m1/s1. The van der Waals surface area contributed by atoms with Crippen molar-refractivity contribution in [3.63, 3.8) is 0 Å². The molecule has 1 atom stereocenters. The van der Waals surface area contributed by atoms with Gasteiger partial charge in [0.15, 0.2) is 5.78 Å². The first-order chi connectivity index (χ1) is 14.4. The summed E-state index contributed by atoms with van der Waals surface area (Å²) < 4.78 is 14.0. The second-order valence-corrected chi connectivity index (χ2v) is 8.08. The molecule has 1 N–H and O–H groups in total. The van der Waals surface area contributed by atoms with Crippen LogP contribution in [0.2, 0.25) is 5.02 Å². The van der Waals surface area contributed by atoms with Crippen molar-refractivity contribution in [3.05, 3.63) is 70.5 Å². The number of rotatable bonds is 8. The molecule has 1 saturated heterocycles. The average molecular weight is 432 g/mol. The lowest BCUT2D eigenvalue weighted by Gasteiger charge is -2.34. The molecule has 2 aromatic carbocycles. The van der Waals surface area contributed by atoms with E-state index in [2.05, 4.69) is 15.1 Å². The molecular weight excluding hydrogens is 405 g/mol. The van der Waals surface area contributed by atoms with Crippen LogP contribution in [0, 0.1) is 5.82 Å². The van der Waals surface area contributed by atoms with Gasteiger partial charge in [0.2, 0.25) is 5.91 Å². The minimum atomic E-state index is -0.524. The number of benzene rings is 2. The molecule has 1 fully saturated rings. The first kappa shape index (κ1) is 22.4. The number of piperazine rings is 1. The minimum absolute atomic E-state index is 0.0567. The van der Waals surface area contributed by atoms with Crippen LogP contribution < -0.4 is 5.32 Å². The molecule has 1 aliphatic heterocycles. The zero-order valence-corrected chi connectivity index (χ0v) is 17.9. The van der Waals surface area contributed by atoms with Gasteiger partial charge < -0.3 is 5.32 Å². The smallest absolute Gasteiger partial charge is 0.234 e. The summed E-state index contributed by atoms with van der Waals surface area (Å²) in [6.45, 7) is 5.03. The number of ketones is 1. The highest BCUT2D eigenvalue weighted by atomic mass is 35.5. The van der Waals surface area contributed by atoms with E-state index in [-0.39, 0.29) is 24.1 Å². The Balaban J connectivity index is 1.47. The van der Waals surface area contributed by atoms with Crippen LogP contribution in [0.5, 0.6) is 0 Å². The number of carbonyl (C=O) groups excluding carboxylic acids is 2. The number of carbonyl (C=O) groups is 2. The molecular formula is C23H27ClFN3O2. The number of halogens is 2. The Kier molecular flexibility index (Phi) is 7.96. The third-order valence-corrected chi connectivity index (χ3v) is 5.74. The summed E-state index contributed by atoms with van der Waals surface area (Å²) in [5, 5.41) is 3.30. The van der Waals surface area contributed by atoms with Gasteiger partial charge in [-0.1, -0.05) is 48.0 Å². The third-order valence-electron chi connectivity index (χ3n) is 5.38. The molecule has 3 rings (SSSR count). The molecule has 5 nitrogen and oxygen atoms in total. The maximum Gasteiger partial charge on any atom is 0.234 e. The molecule has 0 aliphatic carbocycles. The molecule has 1 amide bonds. The molecule has 1 aliphatic rings. The summed E-state index contributed by atoms with van der Waals surface area (Å²) in [7, 11) is 0. The molecule has 30 heavy (non-hydrogen) atoms. The predicted molar refractivity (Wildman–Crippen MR) is 116 cm³/mol. The number of hydrogen-bond donors (Lipinski definition) is 1. The van der Waals surface area contributed by atoms with E-state index in [1.54, 1.807) is 12.1 Å². The first-order valence-corrected chi connectivity index (χ1v) is 10.5. The van der Waals surface area contributed by atoms with Crippen molar-refractivity contribution >= 4 is 23.3 Å². The lowest BCUT2D eigenvalue weighted by molar-refractivity contribution is -0.127. The highest BCUT2D eigenvalue weighted by molar-refractivity contribution is 6.31. The molecule has 1 heterocycles. The van der Waals surface area contributed by atoms with Gasteiger partial charge in [0, 0.05) is 43.3 Å². The van der Waals surface area contributed by atoms with Crippen molar-refractivity contribution in [1.29, 1.82) is 0 Å². The van der Waals surface area contributed by atoms with E-state index in [0.29, 0.717) is 36.6 Å². The van der Waals surface area contributed by atoms with Gasteiger partial charge in [-0.25, -0.2) is 4.39 Å². The summed E-state index contributed by atoms with van der Waals surface area (Å²) in [5.41, 5.74) is 1.52. The van der Waals surface area contributed by atoms with E-state index >= 15 is 0 Å². The van der Waals surface area contributed by atoms with Gasteiger partial charge in [-0.15, -0.1) is 0 Å². The fourth-order valence-corrected chi connectivity index (χ4v) is 3.82. The number of Topliss-reactive ketones (excluding diaryl/α,β-unsaturated/α-hetero) is 1. The Morgan fingerprint density at radius 1 is 1.03 bits per heavy atom. The van der Waals surface area contributed by atoms with Crippen LogP contribution in [-0.4, -0.2) is 60.3 Å². The Bertz CT molecular complexity index is 850. The summed E-state index contributed by atoms with van der Waals surface area (Å²) in [5.74, 6) is -0.506. The first-order valence-electron chi connectivity index (χ1n) is 10.1. The molecule has 0 saturated carbocycles. The largest absolute Gasteiger partial charge is 0.345 e. The SMILES string of the molecule is CC(=O)[C@@H](Cc1ccccc1)NC(=O)CN1CCN(Cc2c(F)cccc2Cl)CC1. The molecule has 0 aromatic heterocycles. The highest BCUT2D eigenvalue weighted by Crippen LogP contribution is 2.21. The van der Waals surface area contributed by atoms with Gasteiger partial charge in [0.1, 0.15) is 5.82 Å². The van der Waals surface area contributed by atoms with Crippen molar-refractivity contribution in [2.45, 2.75) is 25.9 Å². The van der Waals surface area contributed by atoms with Crippen LogP contribution in [-0.2, 0) is 22.6 Å². The number of nitrogens with zero attached hydrogens (tertiary/aromatic N) is 2. The van der Waals surface area contributed by atoms with E-state index < -0.39 is 6.04 Å². The van der Waals surface area contributed by atoms with Crippen molar-refractivity contribution in [3.8, 4) is 0 Å². The fraction of sp³-hybridized carbons (Fsp3) is 0.391. The van der Waals surface area contributed by atoms with Crippen LogP contribution in [0.3, 0.4) is 0 Å². The maximum atomic E-state index is 14.0. The van der Waals surface area contributed by atoms with E-state index in [1.165, 1.54) is 13.0 Å². The number of amides is 1. The molecule has 2 aromatic rings. The molecule has 0 unspecified atom stereocenters. The number of nitrogens with one attached hydrogen (secondary N) is 1. The van der Waals surface area contributed by atoms with Gasteiger partial charge in [-0.3, -0.25) is 19.4 Å². The van der Waals surface area contributed by atoms with Crippen LogP contribution in [0.4, 0.5) is 4.39 Å². The van der Waals surface area contributed by atoms with Gasteiger partial charge in [0.05, 0.1) is 12.6 Å². The van der Waals surface area contributed by atoms with Gasteiger partial charge in [-0.2, -0.15) is 0 Å². The van der Waals surface area contributed by atoms with Crippen molar-refractivity contribution in [1.82, 2.24) is 15.1 Å². The highest BCUT2D eigenvalue weighted by Gasteiger charge is 2.23. The quantitative estimate of drug-likeness (QED) is 0.698. The molecule has 160 valence electrons. The van der Waals surface area contributed by atoms with Crippen LogP contribution in [0.15, 0.2) is 48.5 Å². The van der Waals surface area contributed by atoms with E-state index in [0.717, 1.165) is 18.7 Å². The predicted octanol–water partition coefficient (Wildman–Crippen LogP) is 2.91. The normalized spacial score (nSPS) is 16.2. The van der Waals surface area contributed by atoms with E-state index in [4.69, 9.17) is 11.6 Å². The molecule has 0 spiro atoms. The second kappa shape index (κ2) is 10.7. The Morgan fingerprint density at radius 2 is 1.70 bits per heavy atom. The summed E-state index contributed by atoms with van der Waals surface area (Å²) in [6, 6.07) is 13.8. The molecule has 0 radical (unpaired) electrons. The summed E-state index contributed by atoms with van der Waals surface area (Å²) in [4.78, 5) is 28.6.